The van der Waals surface area contributed by atoms with Crippen LogP contribution in [0.3, 0.4) is 0 Å². The predicted octanol–water partition coefficient (Wildman–Crippen LogP) is 27.4. The number of hydrogen-bond acceptors (Lipinski definition) is 5. The van der Waals surface area contributed by atoms with Crippen LogP contribution in [0.5, 0.6) is 23.0 Å². The second-order valence-corrected chi connectivity index (χ2v) is 30.8. The van der Waals surface area contributed by atoms with E-state index in [9.17, 15) is 4.39 Å². The molecular weight excluding hydrogens is 1310 g/mol. The van der Waals surface area contributed by atoms with Gasteiger partial charge >= 0.3 is 0 Å². The van der Waals surface area contributed by atoms with Gasteiger partial charge in [0.15, 0.2) is 0 Å². The van der Waals surface area contributed by atoms with Crippen molar-refractivity contribution in [2.75, 3.05) is 16.8 Å². The Balaban J connectivity index is 0.807. The van der Waals surface area contributed by atoms with E-state index in [1.807, 2.05) is 72.8 Å². The molecule has 0 aliphatic heterocycles. The van der Waals surface area contributed by atoms with Crippen molar-refractivity contribution in [2.45, 2.75) is 77.0 Å². The Kier molecular flexibility index (Phi) is 16.6. The largest absolute Gasteiger partial charge is 0.457 e. The standard InChI is InChI=1S/C101H83FN2O3/c1-12-66-22-46-80(47-23-66)105-82-50-36-73(37-51-82)100(71-32-28-69(29-33-71)98(5,6)7)91-20-16-14-18-84(91)86-54-42-77(62-93(86)100)103(11)76-44-56-96-89(60-76)90-61-78(45-57-97(90)107-96)104(95-59-64(3)88(58-65(95)4)68-26-40-75(102)41-27-68)79-43-55-87-85-19-15-17-21-92(85)101(94(87)63-79,72-34-30-70(31-35-72)99(8,9)10)74-38-52-83(53-39-74)106-81-48-24-67(13-2)25-49-81/h12-63H,1-2H2,3-11H3. The minimum atomic E-state index is -0.763. The molecule has 0 fully saturated rings. The van der Waals surface area contributed by atoms with Gasteiger partial charge in [-0.2, -0.15) is 0 Å². The molecule has 2 atom stereocenters. The first-order valence-corrected chi connectivity index (χ1v) is 36.9. The monoisotopic (exact) mass is 1390 g/mol. The molecule has 0 spiro atoms. The molecule has 0 saturated carbocycles. The summed E-state index contributed by atoms with van der Waals surface area (Å²) in [6, 6.07) is 109. The second-order valence-electron chi connectivity index (χ2n) is 30.8. The van der Waals surface area contributed by atoms with Crippen LogP contribution in [0.15, 0.2) is 321 Å². The maximum absolute atomic E-state index is 14.6. The highest BCUT2D eigenvalue weighted by Gasteiger charge is 2.48. The van der Waals surface area contributed by atoms with Crippen molar-refractivity contribution in [1.82, 2.24) is 0 Å². The van der Waals surface area contributed by atoms with Crippen molar-refractivity contribution in [2.24, 2.45) is 0 Å². The summed E-state index contributed by atoms with van der Waals surface area (Å²) in [4.78, 5) is 4.73. The molecule has 0 saturated heterocycles. The maximum atomic E-state index is 14.6. The number of halogens is 1. The first-order chi connectivity index (χ1) is 51.8. The average molecular weight is 1390 g/mol. The maximum Gasteiger partial charge on any atom is 0.135 e. The highest BCUT2D eigenvalue weighted by atomic mass is 19.1. The number of hydrogen-bond donors (Lipinski definition) is 0. The highest BCUT2D eigenvalue weighted by molar-refractivity contribution is 6.08. The smallest absolute Gasteiger partial charge is 0.135 e. The summed E-state index contributed by atoms with van der Waals surface area (Å²) in [5.74, 6) is 2.75. The van der Waals surface area contributed by atoms with Crippen molar-refractivity contribution in [3.05, 3.63) is 400 Å². The zero-order valence-electron chi connectivity index (χ0n) is 61.9. The SMILES string of the molecule is C=Cc1ccc(Oc2ccc(C3(c4ccc(C(C)(C)C)cc4)c4ccccc4-c4ccc(N(C)c5ccc6oc7ccc(N(c8ccc9c(c8)C(c8ccc(Oc%10ccc(C=C)cc%10)cc8)(c8ccc(C(C)(C)C)cc8)c8ccccc8-9)c8cc(C)c(-c9ccc(F)cc9)cc8C)cc7c6c5)cc43)cc2)cc1. The Morgan fingerprint density at radius 1 is 0.364 bits per heavy atom. The van der Waals surface area contributed by atoms with Crippen molar-refractivity contribution in [3.63, 3.8) is 0 Å². The molecule has 0 radical (unpaired) electrons. The van der Waals surface area contributed by atoms with Crippen LogP contribution >= 0.6 is 0 Å². The van der Waals surface area contributed by atoms with E-state index in [0.29, 0.717) is 0 Å². The first-order valence-electron chi connectivity index (χ1n) is 36.9. The Morgan fingerprint density at radius 3 is 1.20 bits per heavy atom. The van der Waals surface area contributed by atoms with Gasteiger partial charge in [0, 0.05) is 46.3 Å². The third-order valence-electron chi connectivity index (χ3n) is 22.4. The third kappa shape index (κ3) is 11.6. The van der Waals surface area contributed by atoms with E-state index in [1.54, 1.807) is 12.1 Å². The summed E-state index contributed by atoms with van der Waals surface area (Å²) in [5.41, 5.74) is 27.9. The fraction of sp³-hybridized carbons (Fsp3) is 0.129. The third-order valence-corrected chi connectivity index (χ3v) is 22.4. The zero-order chi connectivity index (χ0) is 73.7. The van der Waals surface area contributed by atoms with Crippen molar-refractivity contribution in [3.8, 4) is 56.4 Å². The molecular formula is C101H83FN2O3. The molecule has 14 aromatic carbocycles. The second kappa shape index (κ2) is 26.3. The molecule has 107 heavy (non-hydrogen) atoms. The Hall–Kier alpha value is -12.5. The number of fused-ring (bicyclic) bond motifs is 9. The number of anilines is 5. The Bertz CT molecular complexity index is 5960. The van der Waals surface area contributed by atoms with Crippen molar-refractivity contribution in [1.29, 1.82) is 0 Å². The average Bonchev–Trinajstić information content (AvgIpc) is 1.56. The lowest BCUT2D eigenvalue weighted by Gasteiger charge is -2.35. The van der Waals surface area contributed by atoms with Gasteiger partial charge in [-0.25, -0.2) is 4.39 Å². The molecule has 522 valence electrons. The van der Waals surface area contributed by atoms with Crippen LogP contribution in [0.4, 0.5) is 32.8 Å². The summed E-state index contributed by atoms with van der Waals surface area (Å²) < 4.78 is 34.5. The van der Waals surface area contributed by atoms with Crippen LogP contribution in [0, 0.1) is 19.7 Å². The van der Waals surface area contributed by atoms with Crippen LogP contribution < -0.4 is 19.3 Å². The number of aryl methyl sites for hydroxylation is 2. The summed E-state index contributed by atoms with van der Waals surface area (Å²) in [5, 5.41) is 1.98. The number of benzene rings is 14. The van der Waals surface area contributed by atoms with Crippen molar-refractivity contribution < 1.29 is 18.3 Å². The molecule has 17 rings (SSSR count). The Morgan fingerprint density at radius 2 is 0.738 bits per heavy atom. The molecule has 2 unspecified atom stereocenters. The van der Waals surface area contributed by atoms with Crippen LogP contribution in [0.25, 0.3) is 67.5 Å². The van der Waals surface area contributed by atoms with Gasteiger partial charge < -0.3 is 23.7 Å². The fourth-order valence-corrected chi connectivity index (χ4v) is 16.7. The van der Waals surface area contributed by atoms with Gasteiger partial charge in [0.1, 0.15) is 40.0 Å². The van der Waals surface area contributed by atoms with E-state index in [0.717, 1.165) is 123 Å². The number of furan rings is 1. The first kappa shape index (κ1) is 67.7. The lowest BCUT2D eigenvalue weighted by Crippen LogP contribution is -2.29. The van der Waals surface area contributed by atoms with Crippen LogP contribution in [-0.4, -0.2) is 7.05 Å². The lowest BCUT2D eigenvalue weighted by atomic mass is 9.67. The summed E-state index contributed by atoms with van der Waals surface area (Å²) >= 11 is 0. The van der Waals surface area contributed by atoms with Gasteiger partial charge in [0.2, 0.25) is 0 Å². The van der Waals surface area contributed by atoms with Crippen LogP contribution in [0.1, 0.15) is 119 Å². The topological polar surface area (TPSA) is 38.1 Å². The minimum Gasteiger partial charge on any atom is -0.457 e. The van der Waals surface area contributed by atoms with Gasteiger partial charge in [-0.3, -0.25) is 0 Å². The fourth-order valence-electron chi connectivity index (χ4n) is 16.7. The van der Waals surface area contributed by atoms with E-state index in [2.05, 4.69) is 316 Å². The zero-order valence-corrected chi connectivity index (χ0v) is 61.9. The van der Waals surface area contributed by atoms with E-state index in [-0.39, 0.29) is 16.6 Å². The summed E-state index contributed by atoms with van der Waals surface area (Å²) in [6.07, 6.45) is 3.68. The van der Waals surface area contributed by atoms with Crippen LogP contribution in [0.2, 0.25) is 0 Å². The molecule has 1 aromatic heterocycles. The summed E-state index contributed by atoms with van der Waals surface area (Å²) in [7, 11) is 2.17. The van der Waals surface area contributed by atoms with Gasteiger partial charge in [0.25, 0.3) is 0 Å². The van der Waals surface area contributed by atoms with E-state index in [1.165, 1.54) is 61.2 Å². The number of ether oxygens (including phenoxy) is 2. The van der Waals surface area contributed by atoms with E-state index >= 15 is 0 Å². The van der Waals surface area contributed by atoms with Crippen LogP contribution in [-0.2, 0) is 21.7 Å². The predicted molar refractivity (Wildman–Crippen MR) is 443 cm³/mol. The number of nitrogens with zero attached hydrogens (tertiary/aromatic N) is 2. The molecule has 0 amide bonds. The molecule has 15 aromatic rings. The highest BCUT2D eigenvalue weighted by Crippen LogP contribution is 2.60. The van der Waals surface area contributed by atoms with E-state index < -0.39 is 10.8 Å². The molecule has 2 aliphatic rings. The number of rotatable bonds is 16. The Labute approximate surface area is 627 Å². The van der Waals surface area contributed by atoms with E-state index in [4.69, 9.17) is 13.9 Å². The summed E-state index contributed by atoms with van der Waals surface area (Å²) in [6.45, 7) is 25.9. The molecule has 2 aliphatic carbocycles. The molecule has 0 N–H and O–H groups in total. The van der Waals surface area contributed by atoms with Crippen molar-refractivity contribution >= 4 is 62.5 Å². The molecule has 0 bridgehead atoms. The molecule has 1 heterocycles. The molecule has 5 nitrogen and oxygen atoms in total. The lowest BCUT2D eigenvalue weighted by molar-refractivity contribution is 0.482. The quantitative estimate of drug-likeness (QED) is 0.0964. The van der Waals surface area contributed by atoms with Gasteiger partial charge in [0.05, 0.1) is 10.8 Å². The van der Waals surface area contributed by atoms with Gasteiger partial charge in [-0.05, 0) is 269 Å². The normalized spacial score (nSPS) is 15.0. The minimum absolute atomic E-state index is 0.0352. The van der Waals surface area contributed by atoms with Gasteiger partial charge in [-0.1, -0.05) is 237 Å². The molecule has 6 heteroatoms. The van der Waals surface area contributed by atoms with Gasteiger partial charge in [-0.15, -0.1) is 0 Å².